The fraction of sp³-hybridized carbons (Fsp3) is 0.286. The number of aryl methyl sites for hydroxylation is 1. The Morgan fingerprint density at radius 1 is 1.17 bits per heavy atom. The van der Waals surface area contributed by atoms with Crippen molar-refractivity contribution in [1.29, 1.82) is 0 Å². The van der Waals surface area contributed by atoms with Crippen LogP contribution >= 0.6 is 23.2 Å². The number of carbonyl (C=O) groups excluding carboxylic acids is 2. The van der Waals surface area contributed by atoms with Crippen molar-refractivity contribution >= 4 is 46.5 Å². The van der Waals surface area contributed by atoms with Gasteiger partial charge in [0.25, 0.3) is 0 Å². The van der Waals surface area contributed by atoms with Crippen LogP contribution in [0.2, 0.25) is 10.0 Å². The molecule has 1 aromatic carbocycles. The lowest BCUT2D eigenvalue weighted by Crippen LogP contribution is -2.35. The third kappa shape index (κ3) is 4.52. The Kier molecular flexibility index (Phi) is 6.84. The zero-order valence-corrected chi connectivity index (χ0v) is 18.3. The number of ether oxygens (including phenoxy) is 2. The van der Waals surface area contributed by atoms with Crippen molar-refractivity contribution in [1.82, 2.24) is 9.38 Å². The molecule has 0 aliphatic rings. The van der Waals surface area contributed by atoms with Crippen LogP contribution in [0, 0.1) is 0 Å². The predicted octanol–water partition coefficient (Wildman–Crippen LogP) is 4.31. The molecule has 1 amide bonds. The molecular weight excluding hydrogens is 429 g/mol. The lowest BCUT2D eigenvalue weighted by Gasteiger charge is -2.17. The van der Waals surface area contributed by atoms with E-state index in [0.29, 0.717) is 39.4 Å². The minimum atomic E-state index is -0.915. The lowest BCUT2D eigenvalue weighted by atomic mass is 10.2. The van der Waals surface area contributed by atoms with Crippen molar-refractivity contribution < 1.29 is 19.1 Å². The molecule has 0 saturated carbocycles. The summed E-state index contributed by atoms with van der Waals surface area (Å²) in [5.74, 6) is -0.677. The van der Waals surface area contributed by atoms with Crippen LogP contribution in [-0.4, -0.2) is 34.9 Å². The molecule has 0 spiro atoms. The number of benzene rings is 1. The first kappa shape index (κ1) is 21.9. The summed E-state index contributed by atoms with van der Waals surface area (Å²) in [6.45, 7) is 3.93. The van der Waals surface area contributed by atoms with Gasteiger partial charge in [-0.25, -0.2) is 9.78 Å². The van der Waals surface area contributed by atoms with Crippen LogP contribution < -0.4 is 9.64 Å². The second kappa shape index (κ2) is 9.36. The van der Waals surface area contributed by atoms with E-state index < -0.39 is 11.9 Å². The van der Waals surface area contributed by atoms with Gasteiger partial charge in [0, 0.05) is 23.3 Å². The molecule has 2 aromatic heterocycles. The van der Waals surface area contributed by atoms with E-state index >= 15 is 0 Å². The molecule has 0 fully saturated rings. The van der Waals surface area contributed by atoms with E-state index in [1.54, 1.807) is 47.9 Å². The molecule has 2 heterocycles. The molecule has 3 aromatic rings. The van der Waals surface area contributed by atoms with Crippen LogP contribution in [0.25, 0.3) is 5.65 Å². The lowest BCUT2D eigenvalue weighted by molar-refractivity contribution is -0.153. The summed E-state index contributed by atoms with van der Waals surface area (Å²) < 4.78 is 12.5. The molecule has 0 saturated heterocycles. The molecule has 0 radical (unpaired) electrons. The number of hydrogen-bond acceptors (Lipinski definition) is 5. The largest absolute Gasteiger partial charge is 0.485 e. The van der Waals surface area contributed by atoms with Gasteiger partial charge in [-0.15, -0.1) is 0 Å². The molecule has 0 atom stereocenters. The highest BCUT2D eigenvalue weighted by molar-refractivity contribution is 6.38. The molecule has 30 heavy (non-hydrogen) atoms. The second-order valence-electron chi connectivity index (χ2n) is 6.45. The Morgan fingerprint density at radius 2 is 1.87 bits per heavy atom. The highest BCUT2D eigenvalue weighted by atomic mass is 35.5. The van der Waals surface area contributed by atoms with Crippen LogP contribution in [-0.2, 0) is 27.4 Å². The summed E-state index contributed by atoms with van der Waals surface area (Å²) in [6, 6.07) is 8.76. The van der Waals surface area contributed by atoms with Crippen molar-refractivity contribution in [3.05, 3.63) is 57.8 Å². The fourth-order valence-corrected chi connectivity index (χ4v) is 3.63. The van der Waals surface area contributed by atoms with Gasteiger partial charge in [-0.2, -0.15) is 0 Å². The maximum atomic E-state index is 12.5. The fourth-order valence-electron chi connectivity index (χ4n) is 3.06. The molecule has 158 valence electrons. The van der Waals surface area contributed by atoms with E-state index in [1.807, 2.05) is 6.92 Å². The molecule has 0 aliphatic heterocycles. The van der Waals surface area contributed by atoms with Crippen LogP contribution in [0.3, 0.4) is 0 Å². The quantitative estimate of drug-likeness (QED) is 0.414. The third-order valence-corrected chi connectivity index (χ3v) is 4.82. The average Bonchev–Trinajstić information content (AvgIpc) is 3.09. The SMILES string of the molecule is CCOC(=O)C(=O)N(C)c1c(CC)nc2c(OCc3cc(Cl)cc(Cl)c3)cccn12. The minimum absolute atomic E-state index is 0.123. The van der Waals surface area contributed by atoms with Gasteiger partial charge in [0.15, 0.2) is 11.4 Å². The van der Waals surface area contributed by atoms with Gasteiger partial charge in [0.05, 0.1) is 12.3 Å². The summed E-state index contributed by atoms with van der Waals surface area (Å²) >= 11 is 12.1. The van der Waals surface area contributed by atoms with Crippen molar-refractivity contribution in [2.45, 2.75) is 26.9 Å². The molecule has 0 aliphatic carbocycles. The number of hydrogen-bond donors (Lipinski definition) is 0. The number of carbonyl (C=O) groups is 2. The van der Waals surface area contributed by atoms with Gasteiger partial charge >= 0.3 is 11.9 Å². The molecule has 7 nitrogen and oxygen atoms in total. The van der Waals surface area contributed by atoms with Crippen LogP contribution in [0.1, 0.15) is 25.1 Å². The third-order valence-electron chi connectivity index (χ3n) is 4.38. The zero-order chi connectivity index (χ0) is 21.8. The number of rotatable bonds is 6. The summed E-state index contributed by atoms with van der Waals surface area (Å²) in [5, 5.41) is 1.05. The number of anilines is 1. The number of likely N-dealkylation sites (N-methyl/N-ethyl adjacent to an activating group) is 1. The number of amides is 1. The normalized spacial score (nSPS) is 10.8. The van der Waals surface area contributed by atoms with E-state index in [-0.39, 0.29) is 13.2 Å². The summed E-state index contributed by atoms with van der Waals surface area (Å²) in [5.41, 5.74) is 1.99. The number of fused-ring (bicyclic) bond motifs is 1. The first-order chi connectivity index (χ1) is 14.3. The Hall–Kier alpha value is -2.77. The van der Waals surface area contributed by atoms with E-state index in [0.717, 1.165) is 5.56 Å². The van der Waals surface area contributed by atoms with Gasteiger partial charge < -0.3 is 9.47 Å². The topological polar surface area (TPSA) is 73.1 Å². The summed E-state index contributed by atoms with van der Waals surface area (Å²) in [6.07, 6.45) is 2.32. The van der Waals surface area contributed by atoms with E-state index in [1.165, 1.54) is 11.9 Å². The first-order valence-corrected chi connectivity index (χ1v) is 10.1. The van der Waals surface area contributed by atoms with Gasteiger partial charge in [-0.3, -0.25) is 14.1 Å². The Morgan fingerprint density at radius 3 is 2.50 bits per heavy atom. The van der Waals surface area contributed by atoms with E-state index in [9.17, 15) is 9.59 Å². The minimum Gasteiger partial charge on any atom is -0.485 e. The Balaban J connectivity index is 1.95. The first-order valence-electron chi connectivity index (χ1n) is 9.38. The molecule has 0 bridgehead atoms. The van der Waals surface area contributed by atoms with Crippen LogP contribution in [0.5, 0.6) is 5.75 Å². The van der Waals surface area contributed by atoms with Crippen molar-refractivity contribution in [2.24, 2.45) is 0 Å². The molecule has 0 unspecified atom stereocenters. The highest BCUT2D eigenvalue weighted by Gasteiger charge is 2.27. The molecule has 9 heteroatoms. The van der Waals surface area contributed by atoms with E-state index in [4.69, 9.17) is 32.7 Å². The maximum Gasteiger partial charge on any atom is 0.397 e. The van der Waals surface area contributed by atoms with Gasteiger partial charge in [-0.05, 0) is 49.2 Å². The number of halogens is 2. The van der Waals surface area contributed by atoms with Crippen LogP contribution in [0.4, 0.5) is 5.82 Å². The zero-order valence-electron chi connectivity index (χ0n) is 16.8. The van der Waals surface area contributed by atoms with Crippen molar-refractivity contribution in [3.63, 3.8) is 0 Å². The van der Waals surface area contributed by atoms with Crippen molar-refractivity contribution in [3.8, 4) is 5.75 Å². The maximum absolute atomic E-state index is 12.5. The molecule has 0 N–H and O–H groups in total. The number of aromatic nitrogens is 2. The smallest absolute Gasteiger partial charge is 0.397 e. The standard InChI is InChI=1S/C21H21Cl2N3O4/c1-4-16-19(25(3)20(27)21(28)29-5-2)26-8-6-7-17(18(26)24-16)30-12-13-9-14(22)11-15(23)10-13/h6-11H,4-5,12H2,1-3H3. The monoisotopic (exact) mass is 449 g/mol. The number of imidazole rings is 1. The van der Waals surface area contributed by atoms with Crippen molar-refractivity contribution in [2.75, 3.05) is 18.6 Å². The number of pyridine rings is 1. The Bertz CT molecular complexity index is 1080. The highest BCUT2D eigenvalue weighted by Crippen LogP contribution is 2.29. The number of esters is 1. The van der Waals surface area contributed by atoms with Gasteiger partial charge in [0.1, 0.15) is 12.4 Å². The predicted molar refractivity (Wildman–Crippen MR) is 115 cm³/mol. The Labute approximate surface area is 184 Å². The van der Waals surface area contributed by atoms with Crippen LogP contribution in [0.15, 0.2) is 36.5 Å². The van der Waals surface area contributed by atoms with Gasteiger partial charge in [-0.1, -0.05) is 30.1 Å². The molecule has 3 rings (SSSR count). The number of nitrogens with zero attached hydrogens (tertiary/aromatic N) is 3. The van der Waals surface area contributed by atoms with Gasteiger partial charge in [0.2, 0.25) is 0 Å². The second-order valence-corrected chi connectivity index (χ2v) is 7.33. The average molecular weight is 450 g/mol. The summed E-state index contributed by atoms with van der Waals surface area (Å²) in [4.78, 5) is 30.2. The van der Waals surface area contributed by atoms with E-state index in [2.05, 4.69) is 4.98 Å². The molecular formula is C21H21Cl2N3O4. The summed E-state index contributed by atoms with van der Waals surface area (Å²) in [7, 11) is 1.52.